The van der Waals surface area contributed by atoms with Crippen molar-refractivity contribution in [3.8, 4) is 17.2 Å². The molecule has 0 aliphatic carbocycles. The molecule has 1 radical (unpaired) electrons. The van der Waals surface area contributed by atoms with E-state index in [-0.39, 0.29) is 35.3 Å². The SMILES string of the molecule is Oc1ccc(Oc2ccc(Cl)cc2Cl)cc1.[Na]. The van der Waals surface area contributed by atoms with Crippen LogP contribution in [-0.2, 0) is 0 Å². The first-order valence-electron chi connectivity index (χ1n) is 4.57. The Balaban J connectivity index is 0.00000144. The number of halogens is 2. The van der Waals surface area contributed by atoms with Crippen LogP contribution in [0.25, 0.3) is 0 Å². The monoisotopic (exact) mass is 277 g/mol. The van der Waals surface area contributed by atoms with Gasteiger partial charge in [0.25, 0.3) is 0 Å². The number of ether oxygens (including phenoxy) is 1. The zero-order chi connectivity index (χ0) is 11.5. The predicted octanol–water partition coefficient (Wildman–Crippen LogP) is 4.11. The standard InChI is InChI=1S/C12H8Cl2O2.Na/c13-8-1-6-12(11(14)7-8)16-10-4-2-9(15)3-5-10;/h1-7,15H;. The van der Waals surface area contributed by atoms with E-state index >= 15 is 0 Å². The van der Waals surface area contributed by atoms with Crippen molar-refractivity contribution in [2.75, 3.05) is 0 Å². The van der Waals surface area contributed by atoms with Crippen LogP contribution in [-0.4, -0.2) is 34.7 Å². The van der Waals surface area contributed by atoms with Gasteiger partial charge in [-0.3, -0.25) is 0 Å². The van der Waals surface area contributed by atoms with Gasteiger partial charge in [-0.2, -0.15) is 0 Å². The third kappa shape index (κ3) is 4.09. The molecule has 17 heavy (non-hydrogen) atoms. The first kappa shape index (κ1) is 14.7. The molecule has 1 N–H and O–H groups in total. The summed E-state index contributed by atoms with van der Waals surface area (Å²) in [6.45, 7) is 0. The predicted molar refractivity (Wildman–Crippen MR) is 70.4 cm³/mol. The topological polar surface area (TPSA) is 29.5 Å². The van der Waals surface area contributed by atoms with E-state index in [0.29, 0.717) is 21.5 Å². The van der Waals surface area contributed by atoms with Gasteiger partial charge in [-0.15, -0.1) is 0 Å². The number of phenols is 1. The fraction of sp³-hybridized carbons (Fsp3) is 0. The minimum Gasteiger partial charge on any atom is -0.508 e. The van der Waals surface area contributed by atoms with Gasteiger partial charge < -0.3 is 9.84 Å². The van der Waals surface area contributed by atoms with Gasteiger partial charge in [-0.1, -0.05) is 23.2 Å². The van der Waals surface area contributed by atoms with Crippen LogP contribution >= 0.6 is 23.2 Å². The molecule has 2 rings (SSSR count). The summed E-state index contributed by atoms with van der Waals surface area (Å²) in [5, 5.41) is 10.1. The summed E-state index contributed by atoms with van der Waals surface area (Å²) in [5.41, 5.74) is 0. The number of phenolic OH excluding ortho intramolecular Hbond substituents is 1. The van der Waals surface area contributed by atoms with Crippen LogP contribution < -0.4 is 4.74 Å². The zero-order valence-corrected chi connectivity index (χ0v) is 12.7. The van der Waals surface area contributed by atoms with Crippen molar-refractivity contribution in [3.05, 3.63) is 52.5 Å². The molecule has 0 unspecified atom stereocenters. The van der Waals surface area contributed by atoms with Crippen molar-refractivity contribution < 1.29 is 9.84 Å². The molecule has 0 saturated carbocycles. The van der Waals surface area contributed by atoms with Gasteiger partial charge in [0.2, 0.25) is 0 Å². The maximum atomic E-state index is 9.11. The van der Waals surface area contributed by atoms with E-state index < -0.39 is 0 Å². The summed E-state index contributed by atoms with van der Waals surface area (Å²) in [6.07, 6.45) is 0. The molecular formula is C12H8Cl2NaO2. The second kappa shape index (κ2) is 6.53. The van der Waals surface area contributed by atoms with E-state index in [2.05, 4.69) is 0 Å². The Morgan fingerprint density at radius 3 is 2.18 bits per heavy atom. The van der Waals surface area contributed by atoms with Crippen molar-refractivity contribution >= 4 is 52.8 Å². The molecule has 0 aliphatic heterocycles. The number of hydrogen-bond acceptors (Lipinski definition) is 2. The number of hydrogen-bond donors (Lipinski definition) is 1. The van der Waals surface area contributed by atoms with E-state index in [1.807, 2.05) is 0 Å². The van der Waals surface area contributed by atoms with E-state index in [1.165, 1.54) is 0 Å². The largest absolute Gasteiger partial charge is 0.508 e. The van der Waals surface area contributed by atoms with Gasteiger partial charge in [0, 0.05) is 34.6 Å². The fourth-order valence-electron chi connectivity index (χ4n) is 1.20. The molecule has 2 nitrogen and oxygen atoms in total. The summed E-state index contributed by atoms with van der Waals surface area (Å²) >= 11 is 11.7. The fourth-order valence-corrected chi connectivity index (χ4v) is 1.65. The van der Waals surface area contributed by atoms with Crippen molar-refractivity contribution in [2.24, 2.45) is 0 Å². The minimum absolute atomic E-state index is 0. The summed E-state index contributed by atoms with van der Waals surface area (Å²) in [6, 6.07) is 11.4. The summed E-state index contributed by atoms with van der Waals surface area (Å²) < 4.78 is 5.52. The smallest absolute Gasteiger partial charge is 0.146 e. The normalized spacial score (nSPS) is 9.53. The van der Waals surface area contributed by atoms with E-state index in [4.69, 9.17) is 33.0 Å². The molecule has 5 heteroatoms. The Kier molecular flexibility index (Phi) is 5.63. The number of rotatable bonds is 2. The van der Waals surface area contributed by atoms with E-state index in [9.17, 15) is 0 Å². The van der Waals surface area contributed by atoms with Crippen molar-refractivity contribution in [2.45, 2.75) is 0 Å². The molecule has 0 aliphatic rings. The molecule has 0 bridgehead atoms. The van der Waals surface area contributed by atoms with Gasteiger partial charge in [0.05, 0.1) is 5.02 Å². The Bertz CT molecular complexity index is 500. The minimum atomic E-state index is 0. The Hall–Kier alpha value is -0.380. The van der Waals surface area contributed by atoms with Gasteiger partial charge in [0.1, 0.15) is 17.2 Å². The zero-order valence-electron chi connectivity index (χ0n) is 9.15. The maximum Gasteiger partial charge on any atom is 0.146 e. The average molecular weight is 278 g/mol. The molecule has 0 atom stereocenters. The molecule has 0 heterocycles. The third-order valence-electron chi connectivity index (χ3n) is 1.96. The van der Waals surface area contributed by atoms with Crippen LogP contribution in [0.2, 0.25) is 10.0 Å². The molecule has 2 aromatic carbocycles. The first-order valence-corrected chi connectivity index (χ1v) is 5.33. The average Bonchev–Trinajstić information content (AvgIpc) is 2.25. The molecule has 0 aromatic heterocycles. The van der Waals surface area contributed by atoms with Gasteiger partial charge in [-0.25, -0.2) is 0 Å². The van der Waals surface area contributed by atoms with Crippen LogP contribution in [0.5, 0.6) is 17.2 Å². The second-order valence-corrected chi connectivity index (χ2v) is 4.01. The summed E-state index contributed by atoms with van der Waals surface area (Å²) in [4.78, 5) is 0. The number of benzene rings is 2. The summed E-state index contributed by atoms with van der Waals surface area (Å²) in [5.74, 6) is 1.31. The number of aromatic hydroxyl groups is 1. The van der Waals surface area contributed by atoms with Crippen LogP contribution in [0, 0.1) is 0 Å². The molecule has 2 aromatic rings. The van der Waals surface area contributed by atoms with Crippen molar-refractivity contribution in [3.63, 3.8) is 0 Å². The Morgan fingerprint density at radius 1 is 0.941 bits per heavy atom. The van der Waals surface area contributed by atoms with E-state index in [1.54, 1.807) is 42.5 Å². The quantitative estimate of drug-likeness (QED) is 0.837. The van der Waals surface area contributed by atoms with Crippen LogP contribution in [0.15, 0.2) is 42.5 Å². The Morgan fingerprint density at radius 2 is 1.59 bits per heavy atom. The first-order chi connectivity index (χ1) is 7.65. The van der Waals surface area contributed by atoms with Crippen LogP contribution in [0.1, 0.15) is 0 Å². The molecule has 0 saturated heterocycles. The van der Waals surface area contributed by atoms with E-state index in [0.717, 1.165) is 0 Å². The van der Waals surface area contributed by atoms with Crippen molar-refractivity contribution in [1.82, 2.24) is 0 Å². The van der Waals surface area contributed by atoms with Crippen LogP contribution in [0.4, 0.5) is 0 Å². The van der Waals surface area contributed by atoms with Crippen LogP contribution in [0.3, 0.4) is 0 Å². The van der Waals surface area contributed by atoms with Gasteiger partial charge >= 0.3 is 0 Å². The van der Waals surface area contributed by atoms with Gasteiger partial charge in [-0.05, 0) is 42.5 Å². The molecule has 83 valence electrons. The Labute approximate surface area is 131 Å². The third-order valence-corrected chi connectivity index (χ3v) is 2.49. The maximum absolute atomic E-state index is 9.11. The summed E-state index contributed by atoms with van der Waals surface area (Å²) in [7, 11) is 0. The molecular weight excluding hydrogens is 270 g/mol. The van der Waals surface area contributed by atoms with Gasteiger partial charge in [0.15, 0.2) is 0 Å². The van der Waals surface area contributed by atoms with Crippen molar-refractivity contribution in [1.29, 1.82) is 0 Å². The molecule has 0 amide bonds. The molecule has 0 fully saturated rings. The second-order valence-electron chi connectivity index (χ2n) is 3.17. The molecule has 0 spiro atoms.